The van der Waals surface area contributed by atoms with Gasteiger partial charge in [-0.1, -0.05) is 0 Å². The minimum Gasteiger partial charge on any atom is -0.389 e. The summed E-state index contributed by atoms with van der Waals surface area (Å²) < 4.78 is 11.0. The largest absolute Gasteiger partial charge is 0.389 e. The highest BCUT2D eigenvalue weighted by Crippen LogP contribution is 2.28. The van der Waals surface area contributed by atoms with Crippen molar-refractivity contribution in [3.8, 4) is 0 Å². The molecule has 0 bridgehead atoms. The predicted octanol–water partition coefficient (Wildman–Crippen LogP) is 0.319. The summed E-state index contributed by atoms with van der Waals surface area (Å²) in [6.45, 7) is 3.90. The molecule has 0 saturated carbocycles. The minimum absolute atomic E-state index is 0.113. The van der Waals surface area contributed by atoms with Crippen molar-refractivity contribution in [1.29, 1.82) is 0 Å². The van der Waals surface area contributed by atoms with Gasteiger partial charge in [0.2, 0.25) is 5.91 Å². The summed E-state index contributed by atoms with van der Waals surface area (Å²) in [6, 6.07) is 0. The Kier molecular flexibility index (Phi) is 4.83. The molecule has 3 atom stereocenters. The fraction of sp³-hybridized carbons (Fsp3) is 0.909. The average molecular weight is 263 g/mol. The number of carbonyl (C=O) groups excluding carboxylic acids is 1. The van der Waals surface area contributed by atoms with Crippen LogP contribution >= 0.6 is 11.8 Å². The van der Waals surface area contributed by atoms with Crippen molar-refractivity contribution < 1.29 is 19.4 Å². The molecule has 1 fully saturated rings. The normalized spacial score (nSPS) is 26.6. The maximum absolute atomic E-state index is 11.9. The van der Waals surface area contributed by atoms with Crippen LogP contribution in [0.1, 0.15) is 13.8 Å². The lowest BCUT2D eigenvalue weighted by Gasteiger charge is -2.27. The summed E-state index contributed by atoms with van der Waals surface area (Å²) >= 11 is 1.32. The molecule has 1 N–H and O–H groups in total. The minimum atomic E-state index is -0.860. The highest BCUT2D eigenvalue weighted by atomic mass is 32.2. The Morgan fingerprint density at radius 1 is 1.53 bits per heavy atom. The second-order valence-electron chi connectivity index (χ2n) is 4.75. The van der Waals surface area contributed by atoms with Crippen LogP contribution in [0.5, 0.6) is 0 Å². The molecule has 1 heterocycles. The predicted molar refractivity (Wildman–Crippen MR) is 66.9 cm³/mol. The van der Waals surface area contributed by atoms with Crippen molar-refractivity contribution >= 4 is 17.7 Å². The Morgan fingerprint density at radius 2 is 2.12 bits per heavy atom. The second kappa shape index (κ2) is 5.56. The van der Waals surface area contributed by atoms with Crippen LogP contribution in [0.4, 0.5) is 0 Å². The summed E-state index contributed by atoms with van der Waals surface area (Å²) in [5.74, 6) is -0.797. The number of rotatable bonds is 4. The molecule has 1 rings (SSSR count). The van der Waals surface area contributed by atoms with E-state index in [0.29, 0.717) is 6.61 Å². The molecule has 1 aliphatic heterocycles. The van der Waals surface area contributed by atoms with Gasteiger partial charge in [0.05, 0.1) is 6.61 Å². The Balaban J connectivity index is 2.67. The Labute approximate surface area is 106 Å². The molecule has 1 amide bonds. The van der Waals surface area contributed by atoms with Gasteiger partial charge in [-0.3, -0.25) is 4.79 Å². The van der Waals surface area contributed by atoms with E-state index in [4.69, 9.17) is 9.47 Å². The monoisotopic (exact) mass is 263 g/mol. The third kappa shape index (κ3) is 3.58. The molecule has 6 heteroatoms. The van der Waals surface area contributed by atoms with Crippen LogP contribution in [0.2, 0.25) is 0 Å². The smallest absolute Gasteiger partial charge is 0.237 e. The SMILES string of the molecule is CS[C@@H](C(=O)N(C)C)[C@H](O)[C@H]1COC(C)(C)O1. The van der Waals surface area contributed by atoms with Crippen LogP contribution in [0.15, 0.2) is 0 Å². The molecule has 0 aromatic carbocycles. The molecule has 5 nitrogen and oxygen atoms in total. The van der Waals surface area contributed by atoms with Crippen LogP contribution in [-0.2, 0) is 14.3 Å². The first kappa shape index (κ1) is 14.8. The van der Waals surface area contributed by atoms with Gasteiger partial charge in [-0.25, -0.2) is 0 Å². The zero-order chi connectivity index (χ0) is 13.2. The first-order valence-corrected chi connectivity index (χ1v) is 6.81. The topological polar surface area (TPSA) is 59.0 Å². The maximum atomic E-state index is 11.9. The standard InChI is InChI=1S/C11H21NO4S/c1-11(2)15-6-7(16-11)8(13)9(17-5)10(14)12(3)4/h7-9,13H,6H2,1-5H3/t7-,8-,9-/m1/s1. The Morgan fingerprint density at radius 3 is 2.47 bits per heavy atom. The van der Waals surface area contributed by atoms with Crippen LogP contribution < -0.4 is 0 Å². The van der Waals surface area contributed by atoms with E-state index in [1.807, 2.05) is 0 Å². The van der Waals surface area contributed by atoms with Crippen molar-refractivity contribution in [2.45, 2.75) is 37.1 Å². The summed E-state index contributed by atoms with van der Waals surface area (Å²) in [5.41, 5.74) is 0. The van der Waals surface area contributed by atoms with Crippen molar-refractivity contribution in [1.82, 2.24) is 4.90 Å². The lowest BCUT2D eigenvalue weighted by atomic mass is 10.1. The first-order valence-electron chi connectivity index (χ1n) is 5.52. The average Bonchev–Trinajstić information content (AvgIpc) is 2.59. The van der Waals surface area contributed by atoms with Gasteiger partial charge in [-0.15, -0.1) is 11.8 Å². The molecule has 0 unspecified atom stereocenters. The molecule has 0 radical (unpaired) electrons. The third-order valence-corrected chi connectivity index (χ3v) is 3.65. The van der Waals surface area contributed by atoms with E-state index in [1.54, 1.807) is 34.2 Å². The number of nitrogens with zero attached hydrogens (tertiary/aromatic N) is 1. The van der Waals surface area contributed by atoms with E-state index in [0.717, 1.165) is 0 Å². The number of aliphatic hydroxyl groups excluding tert-OH is 1. The second-order valence-corrected chi connectivity index (χ2v) is 5.73. The van der Waals surface area contributed by atoms with E-state index in [2.05, 4.69) is 0 Å². The number of thioether (sulfide) groups is 1. The van der Waals surface area contributed by atoms with E-state index in [1.165, 1.54) is 16.7 Å². The zero-order valence-electron chi connectivity index (χ0n) is 11.0. The van der Waals surface area contributed by atoms with Crippen LogP contribution in [-0.4, -0.2) is 66.1 Å². The highest BCUT2D eigenvalue weighted by molar-refractivity contribution is 8.00. The third-order valence-electron chi connectivity index (χ3n) is 2.66. The lowest BCUT2D eigenvalue weighted by Crippen LogP contribution is -2.46. The molecular weight excluding hydrogens is 242 g/mol. The van der Waals surface area contributed by atoms with Gasteiger partial charge >= 0.3 is 0 Å². The molecule has 0 aromatic heterocycles. The molecule has 0 aromatic rings. The first-order chi connectivity index (χ1) is 7.78. The molecule has 100 valence electrons. The zero-order valence-corrected chi connectivity index (χ0v) is 11.8. The maximum Gasteiger partial charge on any atom is 0.237 e. The lowest BCUT2D eigenvalue weighted by molar-refractivity contribution is -0.154. The summed E-state index contributed by atoms with van der Waals surface area (Å²) in [6.07, 6.45) is 0.490. The number of amides is 1. The molecule has 0 spiro atoms. The number of aliphatic hydroxyl groups is 1. The van der Waals surface area contributed by atoms with Gasteiger partial charge < -0.3 is 19.5 Å². The van der Waals surface area contributed by atoms with Crippen LogP contribution in [0, 0.1) is 0 Å². The van der Waals surface area contributed by atoms with E-state index in [9.17, 15) is 9.90 Å². The van der Waals surface area contributed by atoms with Gasteiger partial charge in [0.1, 0.15) is 17.5 Å². The highest BCUT2D eigenvalue weighted by Gasteiger charge is 2.42. The summed E-state index contributed by atoms with van der Waals surface area (Å²) in [5, 5.41) is 9.67. The summed E-state index contributed by atoms with van der Waals surface area (Å²) in [4.78, 5) is 13.4. The number of carbonyl (C=O) groups is 1. The molecule has 1 aliphatic rings. The molecule has 17 heavy (non-hydrogen) atoms. The molecular formula is C11H21NO4S. The van der Waals surface area contributed by atoms with Gasteiger partial charge in [0.25, 0.3) is 0 Å². The number of hydrogen-bond acceptors (Lipinski definition) is 5. The number of ether oxygens (including phenoxy) is 2. The van der Waals surface area contributed by atoms with E-state index >= 15 is 0 Å². The van der Waals surface area contributed by atoms with Crippen LogP contribution in [0.25, 0.3) is 0 Å². The van der Waals surface area contributed by atoms with Crippen molar-refractivity contribution in [3.05, 3.63) is 0 Å². The van der Waals surface area contributed by atoms with Crippen LogP contribution in [0.3, 0.4) is 0 Å². The molecule has 1 saturated heterocycles. The quantitative estimate of drug-likeness (QED) is 0.791. The fourth-order valence-corrected chi connectivity index (χ4v) is 2.59. The van der Waals surface area contributed by atoms with Crippen molar-refractivity contribution in [2.24, 2.45) is 0 Å². The molecule has 0 aliphatic carbocycles. The van der Waals surface area contributed by atoms with Crippen molar-refractivity contribution in [2.75, 3.05) is 27.0 Å². The summed E-state index contributed by atoms with van der Waals surface area (Å²) in [7, 11) is 3.35. The van der Waals surface area contributed by atoms with Gasteiger partial charge in [0, 0.05) is 14.1 Å². The fourth-order valence-electron chi connectivity index (χ4n) is 1.72. The van der Waals surface area contributed by atoms with E-state index < -0.39 is 23.2 Å². The van der Waals surface area contributed by atoms with Gasteiger partial charge in [-0.2, -0.15) is 0 Å². The van der Waals surface area contributed by atoms with Crippen molar-refractivity contribution in [3.63, 3.8) is 0 Å². The Hall–Kier alpha value is -0.300. The van der Waals surface area contributed by atoms with Gasteiger partial charge in [-0.05, 0) is 20.1 Å². The van der Waals surface area contributed by atoms with E-state index in [-0.39, 0.29) is 5.91 Å². The van der Waals surface area contributed by atoms with Gasteiger partial charge in [0.15, 0.2) is 5.79 Å². The Bertz CT molecular complexity index is 283. The number of hydrogen-bond donors (Lipinski definition) is 1.